The van der Waals surface area contributed by atoms with E-state index in [1.165, 1.54) is 31.4 Å². The number of para-hydroxylation sites is 2. The Kier molecular flexibility index (Phi) is 5.94. The Labute approximate surface area is 167 Å². The second-order valence-corrected chi connectivity index (χ2v) is 6.17. The molecule has 0 fully saturated rings. The molecule has 3 aromatic rings. The summed E-state index contributed by atoms with van der Waals surface area (Å²) in [6.45, 7) is 0. The highest BCUT2D eigenvalue weighted by atomic mass is 16.5. The number of allylic oxidation sites excluding steroid dienone is 1. The third kappa shape index (κ3) is 4.81. The molecule has 0 saturated heterocycles. The molecule has 0 saturated carbocycles. The SMILES string of the molecule is COc1ccc(C(=O)/C=C/c2ccc(C(=O)Nc3ccccc3O)cc2)c(O)c1. The molecule has 0 atom stereocenters. The summed E-state index contributed by atoms with van der Waals surface area (Å²) < 4.78 is 5.00. The third-order valence-electron chi connectivity index (χ3n) is 4.22. The molecule has 3 aromatic carbocycles. The van der Waals surface area contributed by atoms with Gasteiger partial charge in [-0.25, -0.2) is 0 Å². The predicted octanol–water partition coefficient (Wildman–Crippen LogP) is 4.25. The highest BCUT2D eigenvalue weighted by Crippen LogP contribution is 2.24. The molecule has 146 valence electrons. The van der Waals surface area contributed by atoms with Crippen molar-refractivity contribution in [1.82, 2.24) is 0 Å². The van der Waals surface area contributed by atoms with E-state index in [2.05, 4.69) is 5.32 Å². The Bertz CT molecular complexity index is 1070. The number of rotatable bonds is 6. The Balaban J connectivity index is 1.68. The van der Waals surface area contributed by atoms with Crippen LogP contribution in [-0.2, 0) is 0 Å². The molecule has 0 aliphatic rings. The number of phenols is 2. The van der Waals surface area contributed by atoms with Crippen LogP contribution in [0, 0.1) is 0 Å². The largest absolute Gasteiger partial charge is 0.507 e. The van der Waals surface area contributed by atoms with Crippen LogP contribution in [0.1, 0.15) is 26.3 Å². The predicted molar refractivity (Wildman–Crippen MR) is 111 cm³/mol. The highest BCUT2D eigenvalue weighted by molar-refractivity contribution is 6.09. The molecule has 3 rings (SSSR count). The molecule has 0 aromatic heterocycles. The number of nitrogens with one attached hydrogen (secondary N) is 1. The summed E-state index contributed by atoms with van der Waals surface area (Å²) in [7, 11) is 1.47. The lowest BCUT2D eigenvalue weighted by Gasteiger charge is -2.07. The van der Waals surface area contributed by atoms with Gasteiger partial charge in [0.2, 0.25) is 0 Å². The second kappa shape index (κ2) is 8.75. The number of benzene rings is 3. The van der Waals surface area contributed by atoms with Crippen LogP contribution in [0.25, 0.3) is 6.08 Å². The van der Waals surface area contributed by atoms with Crippen molar-refractivity contribution in [2.75, 3.05) is 12.4 Å². The van der Waals surface area contributed by atoms with Crippen LogP contribution < -0.4 is 10.1 Å². The summed E-state index contributed by atoms with van der Waals surface area (Å²) in [6.07, 6.45) is 2.94. The number of hydrogen-bond donors (Lipinski definition) is 3. The second-order valence-electron chi connectivity index (χ2n) is 6.17. The van der Waals surface area contributed by atoms with Gasteiger partial charge in [0.25, 0.3) is 5.91 Å². The van der Waals surface area contributed by atoms with Gasteiger partial charge >= 0.3 is 0 Å². The molecule has 0 aliphatic heterocycles. The average molecular weight is 389 g/mol. The van der Waals surface area contributed by atoms with Gasteiger partial charge in [-0.3, -0.25) is 9.59 Å². The van der Waals surface area contributed by atoms with Gasteiger partial charge in [0.05, 0.1) is 18.4 Å². The van der Waals surface area contributed by atoms with Crippen LogP contribution in [0.3, 0.4) is 0 Å². The summed E-state index contributed by atoms with van der Waals surface area (Å²) in [5.74, 6) is -0.426. The van der Waals surface area contributed by atoms with E-state index in [1.54, 1.807) is 54.6 Å². The van der Waals surface area contributed by atoms with Crippen molar-refractivity contribution in [3.63, 3.8) is 0 Å². The fraction of sp³-hybridized carbons (Fsp3) is 0.0435. The van der Waals surface area contributed by atoms with Crippen LogP contribution in [0.15, 0.2) is 72.8 Å². The lowest BCUT2D eigenvalue weighted by molar-refractivity contribution is 0.102. The fourth-order valence-corrected chi connectivity index (χ4v) is 2.63. The van der Waals surface area contributed by atoms with E-state index < -0.39 is 0 Å². The molecule has 29 heavy (non-hydrogen) atoms. The number of ether oxygens (including phenoxy) is 1. The molecular weight excluding hydrogens is 370 g/mol. The first-order chi connectivity index (χ1) is 14.0. The molecule has 3 N–H and O–H groups in total. The number of phenolic OH excluding ortho intramolecular Hbond substituents is 2. The van der Waals surface area contributed by atoms with E-state index in [-0.39, 0.29) is 28.8 Å². The number of carbonyl (C=O) groups is 2. The number of methoxy groups -OCH3 is 1. The van der Waals surface area contributed by atoms with E-state index in [9.17, 15) is 19.8 Å². The maximum atomic E-state index is 12.3. The Hall–Kier alpha value is -4.06. The first-order valence-electron chi connectivity index (χ1n) is 8.77. The van der Waals surface area contributed by atoms with Crippen molar-refractivity contribution in [1.29, 1.82) is 0 Å². The van der Waals surface area contributed by atoms with Gasteiger partial charge in [-0.05, 0) is 48.0 Å². The van der Waals surface area contributed by atoms with E-state index in [0.717, 1.165) is 0 Å². The lowest BCUT2D eigenvalue weighted by Crippen LogP contribution is -2.11. The van der Waals surface area contributed by atoms with Crippen molar-refractivity contribution in [3.05, 3.63) is 89.5 Å². The molecule has 0 heterocycles. The van der Waals surface area contributed by atoms with Crippen molar-refractivity contribution in [3.8, 4) is 17.2 Å². The smallest absolute Gasteiger partial charge is 0.255 e. The summed E-state index contributed by atoms with van der Waals surface area (Å²) in [5, 5.41) is 22.3. The normalized spacial score (nSPS) is 10.7. The summed E-state index contributed by atoms with van der Waals surface area (Å²) in [4.78, 5) is 24.6. The van der Waals surface area contributed by atoms with E-state index >= 15 is 0 Å². The molecule has 0 unspecified atom stereocenters. The van der Waals surface area contributed by atoms with Crippen molar-refractivity contribution >= 4 is 23.5 Å². The minimum atomic E-state index is -0.360. The fourth-order valence-electron chi connectivity index (χ4n) is 2.63. The zero-order chi connectivity index (χ0) is 20.8. The average Bonchev–Trinajstić information content (AvgIpc) is 2.73. The van der Waals surface area contributed by atoms with Crippen molar-refractivity contribution in [2.24, 2.45) is 0 Å². The summed E-state index contributed by atoms with van der Waals surface area (Å²) in [6, 6.07) is 17.5. The highest BCUT2D eigenvalue weighted by Gasteiger charge is 2.10. The minimum absolute atomic E-state index is 0.0132. The Morgan fingerprint density at radius 2 is 1.66 bits per heavy atom. The summed E-state index contributed by atoms with van der Waals surface area (Å²) in [5.41, 5.74) is 1.61. The molecule has 0 spiro atoms. The topological polar surface area (TPSA) is 95.9 Å². The molecular formula is C23H19NO5. The Morgan fingerprint density at radius 3 is 2.31 bits per heavy atom. The maximum absolute atomic E-state index is 12.3. The van der Waals surface area contributed by atoms with E-state index in [1.807, 2.05) is 0 Å². The van der Waals surface area contributed by atoms with Crippen LogP contribution >= 0.6 is 0 Å². The lowest BCUT2D eigenvalue weighted by atomic mass is 10.1. The number of carbonyl (C=O) groups excluding carboxylic acids is 2. The maximum Gasteiger partial charge on any atom is 0.255 e. The van der Waals surface area contributed by atoms with Crippen molar-refractivity contribution in [2.45, 2.75) is 0 Å². The van der Waals surface area contributed by atoms with Crippen LogP contribution in [0.2, 0.25) is 0 Å². The van der Waals surface area contributed by atoms with Gasteiger partial charge in [0, 0.05) is 11.6 Å². The summed E-state index contributed by atoms with van der Waals surface area (Å²) >= 11 is 0. The molecule has 0 bridgehead atoms. The molecule has 6 nitrogen and oxygen atoms in total. The van der Waals surface area contributed by atoms with Gasteiger partial charge in [-0.2, -0.15) is 0 Å². The van der Waals surface area contributed by atoms with Gasteiger partial charge in [-0.15, -0.1) is 0 Å². The zero-order valence-electron chi connectivity index (χ0n) is 15.6. The monoisotopic (exact) mass is 389 g/mol. The minimum Gasteiger partial charge on any atom is -0.507 e. The van der Waals surface area contributed by atoms with Crippen LogP contribution in [-0.4, -0.2) is 29.0 Å². The van der Waals surface area contributed by atoms with Crippen LogP contribution in [0.5, 0.6) is 17.2 Å². The standard InChI is InChI=1S/C23H19NO5/c1-29-17-11-12-18(22(27)14-17)20(25)13-8-15-6-9-16(10-7-15)23(28)24-19-4-2-3-5-21(19)26/h2-14,26-27H,1H3,(H,24,28)/b13-8+. The first-order valence-corrected chi connectivity index (χ1v) is 8.77. The van der Waals surface area contributed by atoms with Gasteiger partial charge in [0.1, 0.15) is 17.2 Å². The van der Waals surface area contributed by atoms with E-state index in [0.29, 0.717) is 22.6 Å². The number of ketones is 1. The quantitative estimate of drug-likeness (QED) is 0.333. The van der Waals surface area contributed by atoms with Gasteiger partial charge in [-0.1, -0.05) is 30.3 Å². The van der Waals surface area contributed by atoms with Crippen LogP contribution in [0.4, 0.5) is 5.69 Å². The molecule has 0 aliphatic carbocycles. The third-order valence-corrected chi connectivity index (χ3v) is 4.22. The Morgan fingerprint density at radius 1 is 0.931 bits per heavy atom. The van der Waals surface area contributed by atoms with Gasteiger partial charge in [0.15, 0.2) is 5.78 Å². The van der Waals surface area contributed by atoms with Crippen molar-refractivity contribution < 1.29 is 24.5 Å². The molecule has 6 heteroatoms. The van der Waals surface area contributed by atoms with E-state index in [4.69, 9.17) is 4.74 Å². The molecule has 1 amide bonds. The number of anilines is 1. The number of amides is 1. The molecule has 0 radical (unpaired) electrons. The van der Waals surface area contributed by atoms with Gasteiger partial charge < -0.3 is 20.3 Å². The number of hydrogen-bond acceptors (Lipinski definition) is 5. The first kappa shape index (κ1) is 19.7. The zero-order valence-corrected chi connectivity index (χ0v) is 15.6. The number of aromatic hydroxyl groups is 2.